The third kappa shape index (κ3) is 26.5. The average molecular weight is 436 g/mol. The second-order valence-corrected chi connectivity index (χ2v) is 10.5. The maximum atomic E-state index is 5.76. The summed E-state index contributed by atoms with van der Waals surface area (Å²) < 4.78 is 11.5. The van der Waals surface area contributed by atoms with Crippen LogP contribution >= 0.6 is 0 Å². The van der Waals surface area contributed by atoms with Crippen LogP contribution < -0.4 is 0 Å². The van der Waals surface area contributed by atoms with E-state index in [-0.39, 0.29) is 0 Å². The number of hydrogen-bond donors (Lipinski definition) is 0. The third-order valence-electron chi connectivity index (χ3n) is 5.45. The van der Waals surface area contributed by atoms with Crippen molar-refractivity contribution < 1.29 is 25.0 Å². The molecule has 0 saturated heterocycles. The molecule has 0 bridgehead atoms. The van der Waals surface area contributed by atoms with Crippen LogP contribution in [0.1, 0.15) is 142 Å². The Morgan fingerprint density at radius 3 is 0.926 bits per heavy atom. The zero-order valence-corrected chi connectivity index (χ0v) is 22.0. The Morgan fingerprint density at radius 1 is 0.370 bits per heavy atom. The van der Waals surface area contributed by atoms with Crippen molar-refractivity contribution in [2.75, 3.05) is 13.2 Å². The van der Waals surface area contributed by atoms with Crippen molar-refractivity contribution in [3.8, 4) is 0 Å². The van der Waals surface area contributed by atoms with E-state index in [2.05, 4.69) is 13.8 Å². The molecule has 0 radical (unpaired) electrons. The summed E-state index contributed by atoms with van der Waals surface area (Å²) in [6, 6.07) is 0. The van der Waals surface area contributed by atoms with E-state index in [4.69, 9.17) is 7.13 Å². The minimum atomic E-state index is -1.12. The fourth-order valence-corrected chi connectivity index (χ4v) is 5.16. The summed E-state index contributed by atoms with van der Waals surface area (Å²) in [5, 5.41) is 0. The molecule has 0 amide bonds. The fraction of sp³-hybridized carbons (Fsp3) is 1.00. The molecule has 0 atom stereocenters. The van der Waals surface area contributed by atoms with Crippen molar-refractivity contribution in [3.05, 3.63) is 0 Å². The summed E-state index contributed by atoms with van der Waals surface area (Å²) in [6.45, 7) is 6.48. The molecular formula is C24H50O2Zn. The van der Waals surface area contributed by atoms with E-state index in [1.54, 1.807) is 0 Å². The summed E-state index contributed by atoms with van der Waals surface area (Å²) in [6.07, 6.45) is 27.9. The van der Waals surface area contributed by atoms with Gasteiger partial charge in [0, 0.05) is 0 Å². The molecule has 0 N–H and O–H groups in total. The predicted octanol–water partition coefficient (Wildman–Crippen LogP) is 8.77. The summed E-state index contributed by atoms with van der Waals surface area (Å²) in [4.78, 5) is 0. The van der Waals surface area contributed by atoms with Crippen molar-refractivity contribution in [2.45, 2.75) is 142 Å². The summed E-state index contributed by atoms with van der Waals surface area (Å²) in [5.74, 6) is 0. The molecule has 0 heterocycles. The standard InChI is InChI=1S/2C12H25O.Zn/c2*1-2-3-4-5-6-7-8-9-10-11-12-13;/h2*2-12H2,1H3;/q2*-1;+2. The quantitative estimate of drug-likeness (QED) is 0.111. The van der Waals surface area contributed by atoms with Gasteiger partial charge in [-0.15, -0.1) is 0 Å². The van der Waals surface area contributed by atoms with E-state index in [9.17, 15) is 0 Å². The Morgan fingerprint density at radius 2 is 0.630 bits per heavy atom. The van der Waals surface area contributed by atoms with Crippen LogP contribution in [0, 0.1) is 0 Å². The molecule has 0 fully saturated rings. The smallest absolute Gasteiger partial charge is 0.0654 e. The molecule has 0 aliphatic heterocycles. The van der Waals surface area contributed by atoms with Gasteiger partial charge in [-0.3, -0.25) is 0 Å². The van der Waals surface area contributed by atoms with E-state index in [0.29, 0.717) is 0 Å². The number of unbranched alkanes of at least 4 members (excludes halogenated alkanes) is 18. The van der Waals surface area contributed by atoms with Gasteiger partial charge in [-0.2, -0.15) is 0 Å². The van der Waals surface area contributed by atoms with Gasteiger partial charge in [0.15, 0.2) is 0 Å². The fourth-order valence-electron chi connectivity index (χ4n) is 3.56. The van der Waals surface area contributed by atoms with E-state index in [0.717, 1.165) is 13.2 Å². The van der Waals surface area contributed by atoms with Crippen LogP contribution in [0.2, 0.25) is 0 Å². The van der Waals surface area contributed by atoms with E-state index in [1.807, 2.05) is 0 Å². The Labute approximate surface area is 180 Å². The first-order valence-electron chi connectivity index (χ1n) is 12.6. The van der Waals surface area contributed by atoms with Crippen LogP contribution in [0.15, 0.2) is 0 Å². The van der Waals surface area contributed by atoms with E-state index in [1.165, 1.54) is 128 Å². The van der Waals surface area contributed by atoms with Gasteiger partial charge in [0.05, 0.1) is 0 Å². The first-order chi connectivity index (χ1) is 13.4. The first kappa shape index (κ1) is 27.5. The predicted molar refractivity (Wildman–Crippen MR) is 116 cm³/mol. The van der Waals surface area contributed by atoms with Crippen LogP contribution in [-0.2, 0) is 25.0 Å². The van der Waals surface area contributed by atoms with Crippen molar-refractivity contribution in [1.29, 1.82) is 0 Å². The molecule has 0 aromatic carbocycles. The van der Waals surface area contributed by atoms with Crippen LogP contribution in [0.5, 0.6) is 0 Å². The van der Waals surface area contributed by atoms with Crippen LogP contribution in [0.4, 0.5) is 0 Å². The van der Waals surface area contributed by atoms with Gasteiger partial charge in [-0.1, -0.05) is 13.8 Å². The van der Waals surface area contributed by atoms with Crippen molar-refractivity contribution in [1.82, 2.24) is 0 Å². The third-order valence-corrected chi connectivity index (χ3v) is 7.36. The van der Waals surface area contributed by atoms with Crippen molar-refractivity contribution in [2.24, 2.45) is 0 Å². The zero-order valence-electron chi connectivity index (χ0n) is 19.1. The Hall–Kier alpha value is 0.543. The van der Waals surface area contributed by atoms with E-state index < -0.39 is 17.8 Å². The summed E-state index contributed by atoms with van der Waals surface area (Å²) >= 11 is -1.12. The Kier molecular flexibility index (Phi) is 27.1. The molecule has 0 aliphatic carbocycles. The summed E-state index contributed by atoms with van der Waals surface area (Å²) in [7, 11) is 0. The molecule has 0 unspecified atom stereocenters. The first-order valence-corrected chi connectivity index (χ1v) is 15.0. The monoisotopic (exact) mass is 434 g/mol. The average Bonchev–Trinajstić information content (AvgIpc) is 2.68. The van der Waals surface area contributed by atoms with Gasteiger partial charge < -0.3 is 0 Å². The number of hydrogen-bond acceptors (Lipinski definition) is 2. The second-order valence-electron chi connectivity index (χ2n) is 8.30. The van der Waals surface area contributed by atoms with E-state index >= 15 is 0 Å². The molecule has 0 saturated carbocycles. The van der Waals surface area contributed by atoms with Crippen LogP contribution in [-0.4, -0.2) is 13.2 Å². The second kappa shape index (κ2) is 26.5. The molecule has 0 aromatic heterocycles. The maximum absolute atomic E-state index is 5.76. The zero-order chi connectivity index (χ0) is 19.7. The molecule has 0 aromatic rings. The van der Waals surface area contributed by atoms with Gasteiger partial charge in [-0.25, -0.2) is 0 Å². The topological polar surface area (TPSA) is 18.5 Å². The van der Waals surface area contributed by atoms with Gasteiger partial charge in [-0.05, 0) is 0 Å². The number of rotatable bonds is 24. The normalized spacial score (nSPS) is 11.0. The molecule has 160 valence electrons. The van der Waals surface area contributed by atoms with Crippen LogP contribution in [0.3, 0.4) is 0 Å². The molecule has 0 spiro atoms. The van der Waals surface area contributed by atoms with Crippen molar-refractivity contribution in [3.63, 3.8) is 0 Å². The summed E-state index contributed by atoms with van der Waals surface area (Å²) in [5.41, 5.74) is 0. The van der Waals surface area contributed by atoms with Gasteiger partial charge in [0.25, 0.3) is 0 Å². The molecule has 2 nitrogen and oxygen atoms in total. The van der Waals surface area contributed by atoms with Gasteiger partial charge >= 0.3 is 167 Å². The molecule has 0 rings (SSSR count). The molecule has 0 aliphatic rings. The Bertz CT molecular complexity index is 225. The minimum absolute atomic E-state index is 0.953. The van der Waals surface area contributed by atoms with Gasteiger partial charge in [0.2, 0.25) is 0 Å². The van der Waals surface area contributed by atoms with Crippen LogP contribution in [0.25, 0.3) is 0 Å². The molecule has 3 heteroatoms. The minimum Gasteiger partial charge on any atom is -0.0654 e. The Balaban J connectivity index is 2.95. The molecule has 27 heavy (non-hydrogen) atoms. The SMILES string of the molecule is CCCCCCCCCCCC[O][Zn][O]CCCCCCCCCCCC. The van der Waals surface area contributed by atoms with Crippen molar-refractivity contribution >= 4 is 0 Å². The van der Waals surface area contributed by atoms with Gasteiger partial charge in [0.1, 0.15) is 0 Å². The molecular weight excluding hydrogens is 386 g/mol.